The van der Waals surface area contributed by atoms with Gasteiger partial charge in [0, 0.05) is 43.2 Å². The van der Waals surface area contributed by atoms with Crippen LogP contribution in [0.4, 0.5) is 5.13 Å². The molecule has 166 valence electrons. The fourth-order valence-corrected chi connectivity index (χ4v) is 5.44. The number of unbranched alkanes of at least 4 members (excludes halogenated alkanes) is 1. The van der Waals surface area contributed by atoms with Gasteiger partial charge in [-0.15, -0.1) is 0 Å². The van der Waals surface area contributed by atoms with Gasteiger partial charge >= 0.3 is 0 Å². The lowest BCUT2D eigenvalue weighted by atomic mass is 9.89. The van der Waals surface area contributed by atoms with Crippen LogP contribution in [0.1, 0.15) is 54.3 Å². The smallest absolute Gasteiger partial charge is 0.185 e. The van der Waals surface area contributed by atoms with E-state index in [1.165, 1.54) is 16.5 Å². The third-order valence-corrected chi connectivity index (χ3v) is 7.48. The van der Waals surface area contributed by atoms with Gasteiger partial charge in [-0.2, -0.15) is 0 Å². The molecule has 0 radical (unpaired) electrons. The molecule has 1 saturated heterocycles. The van der Waals surface area contributed by atoms with Gasteiger partial charge < -0.3 is 14.8 Å². The number of rotatable bonds is 9. The van der Waals surface area contributed by atoms with Gasteiger partial charge in [-0.1, -0.05) is 49.3 Å². The summed E-state index contributed by atoms with van der Waals surface area (Å²) >= 11 is 1.57. The molecule has 0 amide bonds. The Labute approximate surface area is 189 Å². The number of hydrogen-bond donors (Lipinski definition) is 1. The largest absolute Gasteiger partial charge is 0.361 e. The molecule has 3 aromatic rings. The molecule has 1 atom stereocenters. The Morgan fingerprint density at radius 2 is 2.10 bits per heavy atom. The monoisotopic (exact) mass is 438 g/mol. The number of nitrogens with one attached hydrogen (secondary N) is 1. The average Bonchev–Trinajstić information content (AvgIpc) is 3.37. The number of H-pyrrole nitrogens is 1. The number of nitrogens with zero attached hydrogens (tertiary/aromatic N) is 3. The van der Waals surface area contributed by atoms with Crippen molar-refractivity contribution in [3.05, 3.63) is 47.1 Å². The summed E-state index contributed by atoms with van der Waals surface area (Å²) in [6.45, 7) is 6.40. The number of para-hydroxylation sites is 1. The van der Waals surface area contributed by atoms with Crippen molar-refractivity contribution in [2.24, 2.45) is 5.92 Å². The minimum absolute atomic E-state index is 0.247. The minimum Gasteiger partial charge on any atom is -0.361 e. The Balaban J connectivity index is 1.43. The number of thiazole rings is 1. The molecule has 6 heteroatoms. The summed E-state index contributed by atoms with van der Waals surface area (Å²) in [4.78, 5) is 26.7. The molecule has 1 aromatic carbocycles. The molecule has 0 aliphatic carbocycles. The maximum atomic E-state index is 13.2. The van der Waals surface area contributed by atoms with Gasteiger partial charge in [0.1, 0.15) is 0 Å². The maximum absolute atomic E-state index is 13.2. The molecule has 4 rings (SSSR count). The number of aromatic nitrogens is 2. The van der Waals surface area contributed by atoms with Crippen molar-refractivity contribution >= 4 is 33.2 Å². The molecule has 1 unspecified atom stereocenters. The van der Waals surface area contributed by atoms with Gasteiger partial charge in [0.25, 0.3) is 0 Å². The number of hydrogen-bond acceptors (Lipinski definition) is 5. The summed E-state index contributed by atoms with van der Waals surface area (Å²) in [7, 11) is 2.17. The fraction of sp³-hybridized carbons (Fsp3) is 0.520. The Kier molecular flexibility index (Phi) is 7.41. The van der Waals surface area contributed by atoms with Crippen LogP contribution >= 0.6 is 11.3 Å². The first-order chi connectivity index (χ1) is 15.1. The van der Waals surface area contributed by atoms with Crippen molar-refractivity contribution < 1.29 is 4.79 Å². The number of benzene rings is 1. The van der Waals surface area contributed by atoms with Crippen LogP contribution in [0, 0.1) is 5.92 Å². The molecule has 0 spiro atoms. The predicted octanol–water partition coefficient (Wildman–Crippen LogP) is 5.39. The third-order valence-electron chi connectivity index (χ3n) is 6.38. The fourth-order valence-electron chi connectivity index (χ4n) is 4.52. The van der Waals surface area contributed by atoms with Crippen LogP contribution in [-0.2, 0) is 6.42 Å². The van der Waals surface area contributed by atoms with Crippen molar-refractivity contribution in [3.8, 4) is 0 Å². The summed E-state index contributed by atoms with van der Waals surface area (Å²) in [5.74, 6) is 0.612. The van der Waals surface area contributed by atoms with Crippen LogP contribution in [0.3, 0.4) is 0 Å². The molecular formula is C25H34N4OS. The zero-order chi connectivity index (χ0) is 21.6. The number of anilines is 1. The number of Topliss-reactive ketones (excluding diaryl/α,β-unsaturated/α-hetero) is 1. The van der Waals surface area contributed by atoms with Crippen molar-refractivity contribution in [3.63, 3.8) is 0 Å². The zero-order valence-electron chi connectivity index (χ0n) is 18.8. The van der Waals surface area contributed by atoms with Gasteiger partial charge in [0.15, 0.2) is 10.9 Å². The van der Waals surface area contributed by atoms with E-state index >= 15 is 0 Å². The maximum Gasteiger partial charge on any atom is 0.185 e. The van der Waals surface area contributed by atoms with E-state index in [-0.39, 0.29) is 5.78 Å². The van der Waals surface area contributed by atoms with Crippen molar-refractivity contribution in [2.75, 3.05) is 38.1 Å². The van der Waals surface area contributed by atoms with Crippen LogP contribution in [0.2, 0.25) is 0 Å². The summed E-state index contributed by atoms with van der Waals surface area (Å²) < 4.78 is 0. The van der Waals surface area contributed by atoms with Crippen molar-refractivity contribution in [1.82, 2.24) is 14.9 Å². The predicted molar refractivity (Wildman–Crippen MR) is 130 cm³/mol. The van der Waals surface area contributed by atoms with Gasteiger partial charge in [0.2, 0.25) is 0 Å². The summed E-state index contributed by atoms with van der Waals surface area (Å²) in [6.07, 6.45) is 10.0. The quantitative estimate of drug-likeness (QED) is 0.455. The van der Waals surface area contributed by atoms with Crippen LogP contribution in [-0.4, -0.2) is 53.9 Å². The molecule has 0 bridgehead atoms. The van der Waals surface area contributed by atoms with Crippen LogP contribution in [0.15, 0.2) is 36.7 Å². The first kappa shape index (κ1) is 22.0. The molecule has 2 aromatic heterocycles. The van der Waals surface area contributed by atoms with Crippen molar-refractivity contribution in [2.45, 2.75) is 45.4 Å². The first-order valence-electron chi connectivity index (χ1n) is 11.6. The lowest BCUT2D eigenvalue weighted by Gasteiger charge is -2.19. The van der Waals surface area contributed by atoms with E-state index in [2.05, 4.69) is 64.2 Å². The standard InChI is InChI=1S/C25H34N4OS/c1-3-4-8-19(15-20-17-26-22-10-6-5-9-21(20)22)16-23(30)24-18-27-25(31-24)29-12-7-11-28(2)13-14-29/h5-6,9-10,17-19,26H,3-4,7-8,11-16H2,1-2H3. The number of aromatic amines is 1. The first-order valence-corrected chi connectivity index (χ1v) is 12.4. The minimum atomic E-state index is 0.247. The average molecular weight is 439 g/mol. The molecule has 1 aliphatic heterocycles. The van der Waals surface area contributed by atoms with E-state index in [9.17, 15) is 4.79 Å². The second-order valence-corrected chi connectivity index (χ2v) is 9.86. The number of carbonyl (C=O) groups excluding carboxylic acids is 1. The number of ketones is 1. The molecule has 1 fully saturated rings. The SMILES string of the molecule is CCCCC(CC(=O)c1cnc(N2CCCN(C)CC2)s1)Cc1c[nH]c2ccccc12. The van der Waals surface area contributed by atoms with Gasteiger partial charge in [0.05, 0.1) is 11.1 Å². The van der Waals surface area contributed by atoms with E-state index < -0.39 is 0 Å². The number of fused-ring (bicyclic) bond motifs is 1. The molecule has 1 N–H and O–H groups in total. The molecule has 0 saturated carbocycles. The van der Waals surface area contributed by atoms with Crippen LogP contribution in [0.5, 0.6) is 0 Å². The third kappa shape index (κ3) is 5.55. The summed E-state index contributed by atoms with van der Waals surface area (Å²) in [5, 5.41) is 2.28. The highest BCUT2D eigenvalue weighted by Gasteiger charge is 2.21. The second-order valence-electron chi connectivity index (χ2n) is 8.85. The lowest BCUT2D eigenvalue weighted by molar-refractivity contribution is 0.0962. The van der Waals surface area contributed by atoms with Gasteiger partial charge in [-0.3, -0.25) is 4.79 Å². The molecular weight excluding hydrogens is 404 g/mol. The summed E-state index contributed by atoms with van der Waals surface area (Å²) in [5.41, 5.74) is 2.50. The van der Waals surface area contributed by atoms with E-state index in [1.807, 2.05) is 0 Å². The Morgan fingerprint density at radius 3 is 2.97 bits per heavy atom. The van der Waals surface area contributed by atoms with E-state index in [1.54, 1.807) is 17.5 Å². The Hall–Kier alpha value is -2.18. The van der Waals surface area contributed by atoms with Crippen LogP contribution < -0.4 is 4.90 Å². The highest BCUT2D eigenvalue weighted by Crippen LogP contribution is 2.29. The van der Waals surface area contributed by atoms with Crippen LogP contribution in [0.25, 0.3) is 10.9 Å². The topological polar surface area (TPSA) is 52.2 Å². The van der Waals surface area contributed by atoms with Gasteiger partial charge in [-0.05, 0) is 50.4 Å². The molecule has 1 aliphatic rings. The highest BCUT2D eigenvalue weighted by molar-refractivity contribution is 7.17. The lowest BCUT2D eigenvalue weighted by Crippen LogP contribution is -2.28. The second kappa shape index (κ2) is 10.4. The van der Waals surface area contributed by atoms with E-state index in [4.69, 9.17) is 0 Å². The normalized spacial score (nSPS) is 16.5. The Bertz CT molecular complexity index is 994. The molecule has 31 heavy (non-hydrogen) atoms. The number of carbonyl (C=O) groups is 1. The van der Waals surface area contributed by atoms with E-state index in [0.29, 0.717) is 12.3 Å². The Morgan fingerprint density at radius 1 is 1.23 bits per heavy atom. The van der Waals surface area contributed by atoms with E-state index in [0.717, 1.165) is 68.3 Å². The molecule has 5 nitrogen and oxygen atoms in total. The molecule has 3 heterocycles. The number of likely N-dealkylation sites (N-methyl/N-ethyl adjacent to an activating group) is 1. The van der Waals surface area contributed by atoms with Gasteiger partial charge in [-0.25, -0.2) is 4.98 Å². The highest BCUT2D eigenvalue weighted by atomic mass is 32.1. The van der Waals surface area contributed by atoms with Crippen molar-refractivity contribution in [1.29, 1.82) is 0 Å². The zero-order valence-corrected chi connectivity index (χ0v) is 19.6. The summed E-state index contributed by atoms with van der Waals surface area (Å²) in [6, 6.07) is 8.44.